The topological polar surface area (TPSA) is 56.1 Å². The number of aryl methyl sites for hydroxylation is 1. The monoisotopic (exact) mass is 181 g/mol. The molecule has 1 atom stereocenters. The number of rotatable bonds is 1. The number of carbonyl (C=O) groups excluding carboxylic acids is 1. The molecule has 1 aromatic heterocycles. The predicted octanol–water partition coefficient (Wildman–Crippen LogP) is 0.509. The van der Waals surface area contributed by atoms with E-state index in [-0.39, 0.29) is 12.2 Å². The van der Waals surface area contributed by atoms with Gasteiger partial charge in [-0.15, -0.1) is 0 Å². The van der Waals surface area contributed by atoms with Crippen molar-refractivity contribution >= 4 is 6.09 Å². The van der Waals surface area contributed by atoms with Crippen LogP contribution in [0.2, 0.25) is 0 Å². The van der Waals surface area contributed by atoms with Crippen LogP contribution in [0.15, 0.2) is 6.20 Å². The van der Waals surface area contributed by atoms with Crippen molar-refractivity contribution in [2.45, 2.75) is 13.0 Å². The van der Waals surface area contributed by atoms with Crippen molar-refractivity contribution in [1.82, 2.24) is 15.1 Å². The van der Waals surface area contributed by atoms with E-state index in [0.717, 1.165) is 11.3 Å². The van der Waals surface area contributed by atoms with Gasteiger partial charge in [0.15, 0.2) is 0 Å². The van der Waals surface area contributed by atoms with Gasteiger partial charge >= 0.3 is 6.09 Å². The summed E-state index contributed by atoms with van der Waals surface area (Å²) < 4.78 is 6.80. The van der Waals surface area contributed by atoms with E-state index in [1.54, 1.807) is 10.9 Å². The molecule has 1 N–H and O–H groups in total. The normalized spacial score (nSPS) is 21.4. The molecule has 70 valence electrons. The van der Waals surface area contributed by atoms with E-state index in [1.807, 2.05) is 14.0 Å². The Labute approximate surface area is 75.7 Å². The van der Waals surface area contributed by atoms with Crippen LogP contribution in [0.1, 0.15) is 17.4 Å². The summed E-state index contributed by atoms with van der Waals surface area (Å²) in [5, 5.41) is 6.69. The highest BCUT2D eigenvalue weighted by atomic mass is 16.6. The largest absolute Gasteiger partial charge is 0.439 e. The van der Waals surface area contributed by atoms with Crippen LogP contribution >= 0.6 is 0 Å². The van der Waals surface area contributed by atoms with E-state index >= 15 is 0 Å². The first-order chi connectivity index (χ1) is 6.18. The Morgan fingerprint density at radius 3 is 3.00 bits per heavy atom. The number of cyclic esters (lactones) is 1. The molecule has 0 aliphatic carbocycles. The van der Waals surface area contributed by atoms with Crippen molar-refractivity contribution in [3.8, 4) is 0 Å². The molecule has 0 radical (unpaired) electrons. The first-order valence-electron chi connectivity index (χ1n) is 4.11. The third-order valence-electron chi connectivity index (χ3n) is 2.30. The van der Waals surface area contributed by atoms with Gasteiger partial charge in [0, 0.05) is 18.3 Å². The van der Waals surface area contributed by atoms with E-state index in [0.29, 0.717) is 6.54 Å². The van der Waals surface area contributed by atoms with E-state index in [9.17, 15) is 4.79 Å². The molecule has 0 saturated carbocycles. The minimum atomic E-state index is -0.353. The van der Waals surface area contributed by atoms with Gasteiger partial charge in [-0.2, -0.15) is 5.10 Å². The molecule has 2 rings (SSSR count). The van der Waals surface area contributed by atoms with Gasteiger partial charge in [0.2, 0.25) is 0 Å². The molecule has 1 amide bonds. The fourth-order valence-corrected chi connectivity index (χ4v) is 1.39. The molecule has 0 aromatic carbocycles. The van der Waals surface area contributed by atoms with Crippen LogP contribution in [0.4, 0.5) is 4.79 Å². The number of aromatic nitrogens is 2. The quantitative estimate of drug-likeness (QED) is 0.686. The second-order valence-corrected chi connectivity index (χ2v) is 3.08. The van der Waals surface area contributed by atoms with Gasteiger partial charge in [0.05, 0.1) is 12.7 Å². The maximum Gasteiger partial charge on any atom is 0.407 e. The number of alkyl carbamates (subject to hydrolysis) is 1. The summed E-state index contributed by atoms with van der Waals surface area (Å²) in [5.74, 6) is 0. The lowest BCUT2D eigenvalue weighted by Gasteiger charge is -2.05. The highest BCUT2D eigenvalue weighted by molar-refractivity contribution is 5.69. The molecule has 1 aliphatic heterocycles. The van der Waals surface area contributed by atoms with Crippen molar-refractivity contribution < 1.29 is 9.53 Å². The molecule has 1 unspecified atom stereocenters. The lowest BCUT2D eigenvalue weighted by atomic mass is 10.1. The Bertz CT molecular complexity index is 345. The van der Waals surface area contributed by atoms with Crippen LogP contribution in [0.25, 0.3) is 0 Å². The SMILES string of the molecule is Cc1c(C2CNC(=O)O2)cnn1C. The smallest absolute Gasteiger partial charge is 0.407 e. The van der Waals surface area contributed by atoms with Crippen LogP contribution in [0.5, 0.6) is 0 Å². The summed E-state index contributed by atoms with van der Waals surface area (Å²) >= 11 is 0. The highest BCUT2D eigenvalue weighted by Crippen LogP contribution is 2.22. The zero-order valence-electron chi connectivity index (χ0n) is 7.57. The number of carbonyl (C=O) groups is 1. The first-order valence-corrected chi connectivity index (χ1v) is 4.11. The molecular formula is C8H11N3O2. The van der Waals surface area contributed by atoms with Gasteiger partial charge in [0.25, 0.3) is 0 Å². The second kappa shape index (κ2) is 2.76. The molecule has 1 aliphatic rings. The number of amides is 1. The number of ether oxygens (including phenoxy) is 1. The minimum Gasteiger partial charge on any atom is -0.439 e. The third kappa shape index (κ3) is 1.26. The molecular weight excluding hydrogens is 170 g/mol. The van der Waals surface area contributed by atoms with Crippen LogP contribution in [-0.2, 0) is 11.8 Å². The van der Waals surface area contributed by atoms with Gasteiger partial charge < -0.3 is 10.1 Å². The van der Waals surface area contributed by atoms with Gasteiger partial charge in [-0.05, 0) is 6.92 Å². The number of nitrogens with one attached hydrogen (secondary N) is 1. The summed E-state index contributed by atoms with van der Waals surface area (Å²) in [5.41, 5.74) is 2.00. The molecule has 2 heterocycles. The van der Waals surface area contributed by atoms with Crippen LogP contribution in [0, 0.1) is 6.92 Å². The minimum absolute atomic E-state index is 0.179. The summed E-state index contributed by atoms with van der Waals surface area (Å²) in [4.78, 5) is 10.8. The van der Waals surface area contributed by atoms with Crippen molar-refractivity contribution in [1.29, 1.82) is 0 Å². The van der Waals surface area contributed by atoms with Crippen molar-refractivity contribution in [3.63, 3.8) is 0 Å². The Kier molecular flexibility index (Phi) is 1.72. The zero-order valence-corrected chi connectivity index (χ0v) is 7.57. The average molecular weight is 181 g/mol. The molecule has 13 heavy (non-hydrogen) atoms. The average Bonchev–Trinajstić information content (AvgIpc) is 2.62. The molecule has 1 fully saturated rings. The molecule has 1 aromatic rings. The highest BCUT2D eigenvalue weighted by Gasteiger charge is 2.26. The van der Waals surface area contributed by atoms with Gasteiger partial charge in [-0.3, -0.25) is 4.68 Å². The number of hydrogen-bond acceptors (Lipinski definition) is 3. The Hall–Kier alpha value is -1.52. The van der Waals surface area contributed by atoms with Crippen LogP contribution < -0.4 is 5.32 Å². The maximum absolute atomic E-state index is 10.8. The van der Waals surface area contributed by atoms with E-state index in [1.165, 1.54) is 0 Å². The van der Waals surface area contributed by atoms with Gasteiger partial charge in [-0.1, -0.05) is 0 Å². The van der Waals surface area contributed by atoms with E-state index in [2.05, 4.69) is 10.4 Å². The van der Waals surface area contributed by atoms with E-state index in [4.69, 9.17) is 4.74 Å². The second-order valence-electron chi connectivity index (χ2n) is 3.08. The van der Waals surface area contributed by atoms with Crippen LogP contribution in [0.3, 0.4) is 0 Å². The fraction of sp³-hybridized carbons (Fsp3) is 0.500. The first kappa shape index (κ1) is 8.10. The van der Waals surface area contributed by atoms with Crippen molar-refractivity contribution in [2.24, 2.45) is 7.05 Å². The maximum atomic E-state index is 10.8. The fourth-order valence-electron chi connectivity index (χ4n) is 1.39. The van der Waals surface area contributed by atoms with Crippen molar-refractivity contribution in [2.75, 3.05) is 6.54 Å². The van der Waals surface area contributed by atoms with Gasteiger partial charge in [0.1, 0.15) is 6.10 Å². The molecule has 0 spiro atoms. The number of hydrogen-bond donors (Lipinski definition) is 1. The zero-order chi connectivity index (χ0) is 9.42. The Morgan fingerprint density at radius 2 is 2.54 bits per heavy atom. The standard InChI is InChI=1S/C8H11N3O2/c1-5-6(3-10-11(5)2)7-4-9-8(12)13-7/h3,7H,4H2,1-2H3,(H,9,12). The predicted molar refractivity (Wildman–Crippen MR) is 45.2 cm³/mol. The number of nitrogens with zero attached hydrogens (tertiary/aromatic N) is 2. The Balaban J connectivity index is 2.26. The summed E-state index contributed by atoms with van der Waals surface area (Å²) in [6.07, 6.45) is 1.20. The summed E-state index contributed by atoms with van der Waals surface area (Å²) in [7, 11) is 1.86. The molecule has 5 nitrogen and oxygen atoms in total. The molecule has 1 saturated heterocycles. The van der Waals surface area contributed by atoms with Gasteiger partial charge in [-0.25, -0.2) is 4.79 Å². The van der Waals surface area contributed by atoms with E-state index < -0.39 is 0 Å². The third-order valence-corrected chi connectivity index (χ3v) is 2.30. The summed E-state index contributed by atoms with van der Waals surface area (Å²) in [6, 6.07) is 0. The molecule has 5 heteroatoms. The Morgan fingerprint density at radius 1 is 1.77 bits per heavy atom. The van der Waals surface area contributed by atoms with Crippen LogP contribution in [-0.4, -0.2) is 22.4 Å². The lowest BCUT2D eigenvalue weighted by molar-refractivity contribution is 0.141. The molecule has 0 bridgehead atoms. The lowest BCUT2D eigenvalue weighted by Crippen LogP contribution is -2.12. The van der Waals surface area contributed by atoms with Crippen molar-refractivity contribution in [3.05, 3.63) is 17.5 Å². The summed E-state index contributed by atoms with van der Waals surface area (Å²) in [6.45, 7) is 2.49.